The first-order chi connectivity index (χ1) is 8.27. The number of nitrogens with one attached hydrogen (secondary N) is 1. The summed E-state index contributed by atoms with van der Waals surface area (Å²) in [5, 5.41) is 3.84. The van der Waals surface area contributed by atoms with Crippen molar-refractivity contribution in [1.82, 2.24) is 5.32 Å². The van der Waals surface area contributed by atoms with Gasteiger partial charge in [-0.05, 0) is 44.9 Å². The van der Waals surface area contributed by atoms with E-state index >= 15 is 0 Å². The lowest BCUT2D eigenvalue weighted by Gasteiger charge is -2.29. The number of rotatable bonds is 4. The van der Waals surface area contributed by atoms with Gasteiger partial charge in [0.25, 0.3) is 0 Å². The Hall–Kier alpha value is -0.0800. The Kier molecular flexibility index (Phi) is 5.30. The molecule has 17 heavy (non-hydrogen) atoms. The maximum atomic E-state index is 5.49. The van der Waals surface area contributed by atoms with Crippen molar-refractivity contribution < 1.29 is 4.74 Å². The summed E-state index contributed by atoms with van der Waals surface area (Å²) in [5.74, 6) is 1.64. The molecule has 1 saturated carbocycles. The molecular weight excluding hydrogens is 210 g/mol. The lowest BCUT2D eigenvalue weighted by Crippen LogP contribution is -2.43. The van der Waals surface area contributed by atoms with Gasteiger partial charge in [-0.3, -0.25) is 0 Å². The van der Waals surface area contributed by atoms with Gasteiger partial charge in [0.2, 0.25) is 0 Å². The molecule has 2 fully saturated rings. The van der Waals surface area contributed by atoms with Crippen LogP contribution in [0.25, 0.3) is 0 Å². The van der Waals surface area contributed by atoms with E-state index < -0.39 is 0 Å². The average molecular weight is 239 g/mol. The zero-order chi connectivity index (χ0) is 12.1. The molecule has 1 aliphatic carbocycles. The second-order valence-electron chi connectivity index (χ2n) is 6.12. The quantitative estimate of drug-likeness (QED) is 0.760. The fourth-order valence-corrected chi connectivity index (χ4v) is 3.44. The summed E-state index contributed by atoms with van der Waals surface area (Å²) >= 11 is 0. The molecule has 1 N–H and O–H groups in total. The van der Waals surface area contributed by atoms with Crippen LogP contribution in [-0.2, 0) is 4.74 Å². The molecule has 2 unspecified atom stereocenters. The molecule has 0 aromatic heterocycles. The minimum Gasteiger partial charge on any atom is -0.381 e. The molecule has 0 bridgehead atoms. The predicted octanol–water partition coefficient (Wildman–Crippen LogP) is 3.36. The van der Waals surface area contributed by atoms with Gasteiger partial charge in [-0.1, -0.05) is 25.7 Å². The van der Waals surface area contributed by atoms with Crippen LogP contribution in [0.3, 0.4) is 0 Å². The van der Waals surface area contributed by atoms with Crippen molar-refractivity contribution in [2.75, 3.05) is 13.2 Å². The van der Waals surface area contributed by atoms with E-state index in [1.165, 1.54) is 44.9 Å². The molecule has 2 rings (SSSR count). The van der Waals surface area contributed by atoms with E-state index in [1.54, 1.807) is 0 Å². The second kappa shape index (κ2) is 6.75. The zero-order valence-corrected chi connectivity index (χ0v) is 11.6. The first-order valence-corrected chi connectivity index (χ1v) is 7.61. The fraction of sp³-hybridized carbons (Fsp3) is 1.00. The number of hydrogen-bond donors (Lipinski definition) is 1. The third-order valence-electron chi connectivity index (χ3n) is 4.80. The summed E-state index contributed by atoms with van der Waals surface area (Å²) in [7, 11) is 0. The molecule has 0 aromatic carbocycles. The van der Waals surface area contributed by atoms with Crippen LogP contribution in [0.15, 0.2) is 0 Å². The molecule has 100 valence electrons. The van der Waals surface area contributed by atoms with Gasteiger partial charge in [0.05, 0.1) is 6.61 Å². The van der Waals surface area contributed by atoms with Crippen molar-refractivity contribution in [2.45, 2.75) is 70.9 Å². The van der Waals surface area contributed by atoms with Crippen molar-refractivity contribution in [1.29, 1.82) is 0 Å². The van der Waals surface area contributed by atoms with Gasteiger partial charge >= 0.3 is 0 Å². The normalized spacial score (nSPS) is 31.1. The van der Waals surface area contributed by atoms with E-state index in [0.29, 0.717) is 12.1 Å². The van der Waals surface area contributed by atoms with E-state index in [4.69, 9.17) is 4.74 Å². The van der Waals surface area contributed by atoms with Crippen LogP contribution in [-0.4, -0.2) is 25.3 Å². The number of hydrogen-bond acceptors (Lipinski definition) is 2. The first kappa shape index (κ1) is 13.4. The highest BCUT2D eigenvalue weighted by atomic mass is 16.5. The molecule has 0 spiro atoms. The minimum atomic E-state index is 0.621. The van der Waals surface area contributed by atoms with Crippen molar-refractivity contribution in [3.8, 4) is 0 Å². The van der Waals surface area contributed by atoms with Gasteiger partial charge in [0.15, 0.2) is 0 Å². The zero-order valence-electron chi connectivity index (χ0n) is 11.6. The Balaban J connectivity index is 1.76. The molecule has 0 amide bonds. The van der Waals surface area contributed by atoms with Gasteiger partial charge < -0.3 is 10.1 Å². The average Bonchev–Trinajstić information content (AvgIpc) is 2.71. The van der Waals surface area contributed by atoms with Crippen LogP contribution in [0.4, 0.5) is 0 Å². The Labute approximate surface area is 107 Å². The largest absolute Gasteiger partial charge is 0.381 e. The molecule has 0 radical (unpaired) electrons. The highest BCUT2D eigenvalue weighted by Crippen LogP contribution is 2.26. The molecule has 0 aromatic rings. The van der Waals surface area contributed by atoms with Crippen molar-refractivity contribution in [2.24, 2.45) is 11.8 Å². The van der Waals surface area contributed by atoms with Crippen LogP contribution >= 0.6 is 0 Å². The third-order valence-corrected chi connectivity index (χ3v) is 4.80. The van der Waals surface area contributed by atoms with Gasteiger partial charge in [0.1, 0.15) is 0 Å². The van der Waals surface area contributed by atoms with Gasteiger partial charge in [-0.2, -0.15) is 0 Å². The summed E-state index contributed by atoms with van der Waals surface area (Å²) in [6.45, 7) is 6.66. The Morgan fingerprint density at radius 3 is 2.12 bits per heavy atom. The highest BCUT2D eigenvalue weighted by molar-refractivity contribution is 4.82. The summed E-state index contributed by atoms with van der Waals surface area (Å²) in [5.41, 5.74) is 0. The fourth-order valence-electron chi connectivity index (χ4n) is 3.44. The highest BCUT2D eigenvalue weighted by Gasteiger charge is 2.26. The lowest BCUT2D eigenvalue weighted by atomic mass is 9.91. The Morgan fingerprint density at radius 1 is 0.882 bits per heavy atom. The molecule has 1 heterocycles. The molecule has 2 heteroatoms. The third kappa shape index (κ3) is 3.96. The maximum Gasteiger partial charge on any atom is 0.0509 e. The molecule has 1 saturated heterocycles. The van der Waals surface area contributed by atoms with Gasteiger partial charge in [-0.15, -0.1) is 0 Å². The number of ether oxygens (including phenoxy) is 1. The molecule has 3 atom stereocenters. The van der Waals surface area contributed by atoms with Crippen LogP contribution < -0.4 is 5.32 Å². The summed E-state index contributed by atoms with van der Waals surface area (Å²) < 4.78 is 5.49. The summed E-state index contributed by atoms with van der Waals surface area (Å²) in [6.07, 6.45) is 9.90. The standard InChI is InChI=1S/C15H29NO/c1-12(14-7-5-3-4-6-8-14)16-13(2)15-9-10-17-11-15/h12-16H,3-11H2,1-2H3/t12-,13?,15?/m1/s1. The summed E-state index contributed by atoms with van der Waals surface area (Å²) in [4.78, 5) is 0. The van der Waals surface area contributed by atoms with E-state index in [9.17, 15) is 0 Å². The SMILES string of the molecule is CC(N[C@H](C)C1CCCCCC1)C1CCOC1. The van der Waals surface area contributed by atoms with Crippen molar-refractivity contribution in [3.63, 3.8) is 0 Å². The van der Waals surface area contributed by atoms with E-state index in [2.05, 4.69) is 19.2 Å². The molecular formula is C15H29NO. The van der Waals surface area contributed by atoms with Crippen LogP contribution in [0.5, 0.6) is 0 Å². The maximum absolute atomic E-state index is 5.49. The first-order valence-electron chi connectivity index (χ1n) is 7.61. The summed E-state index contributed by atoms with van der Waals surface area (Å²) in [6, 6.07) is 1.31. The van der Waals surface area contributed by atoms with Crippen LogP contribution in [0.2, 0.25) is 0 Å². The second-order valence-corrected chi connectivity index (χ2v) is 6.12. The van der Waals surface area contributed by atoms with E-state index in [-0.39, 0.29) is 0 Å². The van der Waals surface area contributed by atoms with E-state index in [0.717, 1.165) is 25.0 Å². The Bertz CT molecular complexity index is 205. The Morgan fingerprint density at radius 2 is 1.53 bits per heavy atom. The predicted molar refractivity (Wildman–Crippen MR) is 72.2 cm³/mol. The lowest BCUT2D eigenvalue weighted by molar-refractivity contribution is 0.174. The van der Waals surface area contributed by atoms with Gasteiger partial charge in [0, 0.05) is 18.7 Å². The van der Waals surface area contributed by atoms with Gasteiger partial charge in [-0.25, -0.2) is 0 Å². The molecule has 1 aliphatic heterocycles. The van der Waals surface area contributed by atoms with Crippen LogP contribution in [0, 0.1) is 11.8 Å². The smallest absolute Gasteiger partial charge is 0.0509 e. The minimum absolute atomic E-state index is 0.621. The van der Waals surface area contributed by atoms with Crippen molar-refractivity contribution in [3.05, 3.63) is 0 Å². The van der Waals surface area contributed by atoms with Crippen LogP contribution in [0.1, 0.15) is 58.8 Å². The molecule has 2 aliphatic rings. The van der Waals surface area contributed by atoms with Crippen molar-refractivity contribution >= 4 is 0 Å². The monoisotopic (exact) mass is 239 g/mol. The topological polar surface area (TPSA) is 21.3 Å². The molecule has 2 nitrogen and oxygen atoms in total. The van der Waals surface area contributed by atoms with E-state index in [1.807, 2.05) is 0 Å².